The summed E-state index contributed by atoms with van der Waals surface area (Å²) < 4.78 is 20.6. The van der Waals surface area contributed by atoms with Crippen LogP contribution in [0.3, 0.4) is 0 Å². The van der Waals surface area contributed by atoms with Gasteiger partial charge in [0.1, 0.15) is 17.3 Å². The molecular weight excluding hydrogens is 431 g/mol. The molecule has 1 atom stereocenters. The quantitative estimate of drug-likeness (QED) is 0.525. The van der Waals surface area contributed by atoms with Crippen molar-refractivity contribution in [3.8, 4) is 11.3 Å². The average Bonchev–Trinajstić information content (AvgIpc) is 3.25. The van der Waals surface area contributed by atoms with Gasteiger partial charge >= 0.3 is 0 Å². The summed E-state index contributed by atoms with van der Waals surface area (Å²) in [6.07, 6.45) is 1.69. The Morgan fingerprint density at radius 1 is 1.11 bits per heavy atom. The fourth-order valence-corrected chi connectivity index (χ4v) is 3.83. The lowest BCUT2D eigenvalue weighted by molar-refractivity contribution is -0.116. The molecular formula is C20H14BrFN2O2S. The molecule has 2 N–H and O–H groups in total. The summed E-state index contributed by atoms with van der Waals surface area (Å²) in [6, 6.07) is 17.8. The van der Waals surface area contributed by atoms with E-state index in [1.54, 1.807) is 24.3 Å². The molecule has 4 nitrogen and oxygen atoms in total. The van der Waals surface area contributed by atoms with Gasteiger partial charge in [0.25, 0.3) is 5.91 Å². The molecule has 1 aliphatic rings. The first-order valence-electron chi connectivity index (χ1n) is 8.14. The molecule has 2 heterocycles. The summed E-state index contributed by atoms with van der Waals surface area (Å²) in [6.45, 7) is 0. The van der Waals surface area contributed by atoms with Gasteiger partial charge in [-0.05, 0) is 36.4 Å². The molecule has 7 heteroatoms. The molecule has 0 saturated carbocycles. The largest absolute Gasteiger partial charge is 0.457 e. The van der Waals surface area contributed by atoms with Gasteiger partial charge in [0, 0.05) is 16.1 Å². The molecule has 1 aliphatic heterocycles. The minimum absolute atomic E-state index is 0.226. The van der Waals surface area contributed by atoms with Gasteiger partial charge in [-0.2, -0.15) is 0 Å². The topological polar surface area (TPSA) is 54.3 Å². The number of carbonyl (C=O) groups is 1. The number of hydrogen-bond acceptors (Lipinski definition) is 4. The number of nitrogens with one attached hydrogen (secondary N) is 2. The molecule has 2 aromatic carbocycles. The van der Waals surface area contributed by atoms with Crippen molar-refractivity contribution in [1.82, 2.24) is 5.32 Å². The predicted molar refractivity (Wildman–Crippen MR) is 109 cm³/mol. The number of benzene rings is 2. The predicted octanol–water partition coefficient (Wildman–Crippen LogP) is 5.45. The summed E-state index contributed by atoms with van der Waals surface area (Å²) in [4.78, 5) is 12.7. The first-order valence-corrected chi connectivity index (χ1v) is 9.82. The third-order valence-electron chi connectivity index (χ3n) is 3.92. The lowest BCUT2D eigenvalue weighted by Crippen LogP contribution is -2.31. The standard InChI is InChI=1S/C20H14BrFN2O2S/c21-13-7-5-12(6-8-13)17-10-9-14(26-17)11-18-19(25)24-20(27-18)23-16-4-2-1-3-15(16)22/h1-11,20,23H,(H,24,25)/b18-11-. The Kier molecular flexibility index (Phi) is 5.05. The van der Waals surface area contributed by atoms with Crippen LogP contribution in [0.1, 0.15) is 5.76 Å². The molecule has 4 rings (SSSR count). The van der Waals surface area contributed by atoms with Crippen LogP contribution in [-0.2, 0) is 4.79 Å². The van der Waals surface area contributed by atoms with Crippen LogP contribution in [0.2, 0.25) is 0 Å². The third-order valence-corrected chi connectivity index (χ3v) is 5.48. The minimum atomic E-state index is -0.443. The zero-order valence-corrected chi connectivity index (χ0v) is 16.3. The summed E-state index contributed by atoms with van der Waals surface area (Å²) in [5, 5.41) is 5.75. The van der Waals surface area contributed by atoms with Crippen molar-refractivity contribution in [1.29, 1.82) is 0 Å². The third kappa shape index (κ3) is 4.09. The molecule has 0 bridgehead atoms. The average molecular weight is 445 g/mol. The van der Waals surface area contributed by atoms with Crippen molar-refractivity contribution < 1.29 is 13.6 Å². The monoisotopic (exact) mass is 444 g/mol. The van der Waals surface area contributed by atoms with Gasteiger partial charge in [0.15, 0.2) is 5.50 Å². The number of rotatable bonds is 4. The summed E-state index contributed by atoms with van der Waals surface area (Å²) in [5.74, 6) is 0.710. The zero-order chi connectivity index (χ0) is 18.8. The summed E-state index contributed by atoms with van der Waals surface area (Å²) in [5.41, 5.74) is 0.846. The smallest absolute Gasteiger partial charge is 0.260 e. The highest BCUT2D eigenvalue weighted by molar-refractivity contribution is 9.10. The number of thioether (sulfide) groups is 1. The molecule has 27 heavy (non-hydrogen) atoms. The molecule has 3 aromatic rings. The maximum Gasteiger partial charge on any atom is 0.260 e. The Bertz CT molecular complexity index is 1020. The number of halogens is 2. The van der Waals surface area contributed by atoms with Gasteiger partial charge in [-0.3, -0.25) is 4.79 Å². The molecule has 1 fully saturated rings. The number of para-hydroxylation sites is 1. The summed E-state index contributed by atoms with van der Waals surface area (Å²) >= 11 is 4.69. The van der Waals surface area contributed by atoms with E-state index in [0.717, 1.165) is 15.8 Å². The lowest BCUT2D eigenvalue weighted by Gasteiger charge is -2.12. The molecule has 0 spiro atoms. The Hall–Kier alpha value is -2.51. The van der Waals surface area contributed by atoms with E-state index in [2.05, 4.69) is 26.6 Å². The van der Waals surface area contributed by atoms with Crippen molar-refractivity contribution in [3.63, 3.8) is 0 Å². The molecule has 1 saturated heterocycles. The Balaban J connectivity index is 1.49. The highest BCUT2D eigenvalue weighted by atomic mass is 79.9. The van der Waals surface area contributed by atoms with Crippen LogP contribution in [-0.4, -0.2) is 11.4 Å². The first-order chi connectivity index (χ1) is 13.1. The minimum Gasteiger partial charge on any atom is -0.457 e. The lowest BCUT2D eigenvalue weighted by atomic mass is 10.2. The van der Waals surface area contributed by atoms with E-state index < -0.39 is 5.50 Å². The zero-order valence-electron chi connectivity index (χ0n) is 13.9. The van der Waals surface area contributed by atoms with E-state index in [1.165, 1.54) is 17.8 Å². The Morgan fingerprint density at radius 2 is 1.89 bits per heavy atom. The molecule has 0 aliphatic carbocycles. The molecule has 1 aromatic heterocycles. The van der Waals surface area contributed by atoms with Crippen molar-refractivity contribution in [2.24, 2.45) is 0 Å². The van der Waals surface area contributed by atoms with E-state index in [0.29, 0.717) is 16.4 Å². The van der Waals surface area contributed by atoms with E-state index >= 15 is 0 Å². The van der Waals surface area contributed by atoms with Crippen LogP contribution in [0.15, 0.2) is 74.5 Å². The molecule has 136 valence electrons. The fraction of sp³-hybridized carbons (Fsp3) is 0.0500. The highest BCUT2D eigenvalue weighted by Crippen LogP contribution is 2.32. The van der Waals surface area contributed by atoms with E-state index in [-0.39, 0.29) is 11.7 Å². The fourth-order valence-electron chi connectivity index (χ4n) is 2.61. The number of hydrogen-bond donors (Lipinski definition) is 2. The van der Waals surface area contributed by atoms with Crippen LogP contribution < -0.4 is 10.6 Å². The van der Waals surface area contributed by atoms with Gasteiger partial charge in [0.05, 0.1) is 10.6 Å². The number of amides is 1. The van der Waals surface area contributed by atoms with Crippen molar-refractivity contribution in [3.05, 3.63) is 81.6 Å². The second kappa shape index (κ2) is 7.62. The SMILES string of the molecule is O=C1NC(Nc2ccccc2F)S/C1=C\c1ccc(-c2ccc(Br)cc2)o1. The van der Waals surface area contributed by atoms with Crippen molar-refractivity contribution in [2.45, 2.75) is 5.50 Å². The number of carbonyl (C=O) groups excluding carboxylic acids is 1. The van der Waals surface area contributed by atoms with Crippen molar-refractivity contribution in [2.75, 3.05) is 5.32 Å². The van der Waals surface area contributed by atoms with Gasteiger partial charge in [0.2, 0.25) is 0 Å². The second-order valence-electron chi connectivity index (χ2n) is 5.81. The van der Waals surface area contributed by atoms with Gasteiger partial charge in [-0.25, -0.2) is 4.39 Å². The number of furan rings is 1. The van der Waals surface area contributed by atoms with Gasteiger partial charge < -0.3 is 15.1 Å². The van der Waals surface area contributed by atoms with Crippen LogP contribution >= 0.6 is 27.7 Å². The normalized spacial score (nSPS) is 17.9. The first kappa shape index (κ1) is 17.9. The van der Waals surface area contributed by atoms with Crippen LogP contribution in [0.5, 0.6) is 0 Å². The van der Waals surface area contributed by atoms with Gasteiger partial charge in [-0.1, -0.05) is 52.0 Å². The van der Waals surface area contributed by atoms with E-state index in [4.69, 9.17) is 4.42 Å². The van der Waals surface area contributed by atoms with E-state index in [1.807, 2.05) is 36.4 Å². The molecule has 1 unspecified atom stereocenters. The van der Waals surface area contributed by atoms with Crippen LogP contribution in [0.25, 0.3) is 17.4 Å². The Morgan fingerprint density at radius 3 is 2.67 bits per heavy atom. The van der Waals surface area contributed by atoms with E-state index in [9.17, 15) is 9.18 Å². The van der Waals surface area contributed by atoms with Crippen LogP contribution in [0, 0.1) is 5.82 Å². The van der Waals surface area contributed by atoms with Crippen LogP contribution in [0.4, 0.5) is 10.1 Å². The van der Waals surface area contributed by atoms with Gasteiger partial charge in [-0.15, -0.1) is 0 Å². The maximum absolute atomic E-state index is 13.8. The van der Waals surface area contributed by atoms with Crippen molar-refractivity contribution >= 4 is 45.4 Å². The highest BCUT2D eigenvalue weighted by Gasteiger charge is 2.28. The maximum atomic E-state index is 13.8. The Labute approximate surface area is 168 Å². The molecule has 1 amide bonds. The second-order valence-corrected chi connectivity index (χ2v) is 7.88. The number of anilines is 1. The summed E-state index contributed by atoms with van der Waals surface area (Å²) in [7, 11) is 0. The molecule has 0 radical (unpaired) electrons.